The summed E-state index contributed by atoms with van der Waals surface area (Å²) in [5.74, 6) is -0.130. The second kappa shape index (κ2) is 3.59. The minimum atomic E-state index is -0.496. The lowest BCUT2D eigenvalue weighted by Crippen LogP contribution is -1.85. The molecular weight excluding hydrogens is 219 g/mol. The van der Waals surface area contributed by atoms with Crippen LogP contribution in [0, 0.1) is 5.82 Å². The van der Waals surface area contributed by atoms with Crippen molar-refractivity contribution < 1.29 is 9.50 Å². The fraction of sp³-hybridized carbons (Fsp3) is 0. The number of aromatic nitrogens is 2. The van der Waals surface area contributed by atoms with E-state index in [1.54, 1.807) is 0 Å². The number of nitrogens with one attached hydrogen (secondary N) is 1. The second-order valence-corrected chi connectivity index (χ2v) is 3.77. The van der Waals surface area contributed by atoms with E-state index in [-0.39, 0.29) is 5.75 Å². The van der Waals surface area contributed by atoms with Gasteiger partial charge < -0.3 is 10.1 Å². The summed E-state index contributed by atoms with van der Waals surface area (Å²) in [5, 5.41) is 9.15. The average Bonchev–Trinajstić information content (AvgIpc) is 2.72. The number of para-hydroxylation sites is 2. The van der Waals surface area contributed by atoms with Gasteiger partial charge in [-0.25, -0.2) is 9.37 Å². The smallest absolute Gasteiger partial charge is 0.141 e. The van der Waals surface area contributed by atoms with Crippen molar-refractivity contribution in [1.82, 2.24) is 9.97 Å². The summed E-state index contributed by atoms with van der Waals surface area (Å²) < 4.78 is 13.6. The summed E-state index contributed by atoms with van der Waals surface area (Å²) >= 11 is 0. The van der Waals surface area contributed by atoms with Crippen molar-refractivity contribution in [3.8, 4) is 17.1 Å². The summed E-state index contributed by atoms with van der Waals surface area (Å²) in [5.41, 5.74) is 1.99. The molecule has 0 atom stereocenters. The molecule has 0 aliphatic carbocycles. The van der Waals surface area contributed by atoms with Crippen molar-refractivity contribution in [2.75, 3.05) is 0 Å². The number of rotatable bonds is 1. The Kier molecular flexibility index (Phi) is 2.08. The summed E-state index contributed by atoms with van der Waals surface area (Å²) in [6, 6.07) is 11.5. The lowest BCUT2D eigenvalue weighted by molar-refractivity contribution is 0.469. The maximum Gasteiger partial charge on any atom is 0.141 e. The van der Waals surface area contributed by atoms with Gasteiger partial charge >= 0.3 is 0 Å². The normalized spacial score (nSPS) is 10.9. The van der Waals surface area contributed by atoms with E-state index in [2.05, 4.69) is 9.97 Å². The van der Waals surface area contributed by atoms with Crippen LogP contribution in [-0.2, 0) is 0 Å². The number of benzene rings is 2. The number of phenols is 1. The number of fused-ring (bicyclic) bond motifs is 1. The van der Waals surface area contributed by atoms with Crippen molar-refractivity contribution >= 4 is 11.0 Å². The average molecular weight is 228 g/mol. The molecule has 4 heteroatoms. The zero-order valence-corrected chi connectivity index (χ0v) is 8.81. The van der Waals surface area contributed by atoms with E-state index in [4.69, 9.17) is 5.11 Å². The maximum absolute atomic E-state index is 13.6. The van der Waals surface area contributed by atoms with Gasteiger partial charge in [0.15, 0.2) is 0 Å². The van der Waals surface area contributed by atoms with E-state index in [1.165, 1.54) is 12.1 Å². The lowest BCUT2D eigenvalue weighted by atomic mass is 10.2. The van der Waals surface area contributed by atoms with Gasteiger partial charge in [-0.15, -0.1) is 0 Å². The number of imidazole rings is 1. The molecule has 0 unspecified atom stereocenters. The third-order valence-electron chi connectivity index (χ3n) is 2.60. The summed E-state index contributed by atoms with van der Waals surface area (Å²) in [4.78, 5) is 7.34. The van der Waals surface area contributed by atoms with Gasteiger partial charge in [0.2, 0.25) is 0 Å². The first-order valence-corrected chi connectivity index (χ1v) is 5.18. The van der Waals surface area contributed by atoms with E-state index >= 15 is 0 Å². The highest BCUT2D eigenvalue weighted by molar-refractivity contribution is 5.79. The monoisotopic (exact) mass is 228 g/mol. The molecule has 0 fully saturated rings. The van der Waals surface area contributed by atoms with E-state index in [0.29, 0.717) is 11.4 Å². The zero-order valence-electron chi connectivity index (χ0n) is 8.81. The molecule has 0 saturated carbocycles. The molecule has 3 rings (SSSR count). The highest BCUT2D eigenvalue weighted by Crippen LogP contribution is 2.25. The van der Waals surface area contributed by atoms with Crippen LogP contribution in [-0.4, -0.2) is 15.1 Å². The van der Waals surface area contributed by atoms with Gasteiger partial charge in [-0.1, -0.05) is 12.1 Å². The van der Waals surface area contributed by atoms with E-state index in [9.17, 15) is 4.39 Å². The highest BCUT2D eigenvalue weighted by atomic mass is 19.1. The first kappa shape index (κ1) is 9.84. The Morgan fingerprint density at radius 1 is 1.12 bits per heavy atom. The number of aromatic amines is 1. The minimum Gasteiger partial charge on any atom is -0.508 e. The van der Waals surface area contributed by atoms with Gasteiger partial charge in [0.05, 0.1) is 16.6 Å². The summed E-state index contributed by atoms with van der Waals surface area (Å²) in [7, 11) is 0. The Balaban J connectivity index is 2.20. The van der Waals surface area contributed by atoms with Crippen molar-refractivity contribution in [1.29, 1.82) is 0 Å². The summed E-state index contributed by atoms with van der Waals surface area (Å²) in [6.45, 7) is 0. The second-order valence-electron chi connectivity index (χ2n) is 3.77. The molecule has 2 N–H and O–H groups in total. The van der Waals surface area contributed by atoms with Gasteiger partial charge in [0.1, 0.15) is 17.4 Å². The Hall–Kier alpha value is -2.36. The third kappa shape index (κ3) is 1.63. The maximum atomic E-state index is 13.6. The molecule has 1 aromatic heterocycles. The lowest BCUT2D eigenvalue weighted by Gasteiger charge is -1.99. The topological polar surface area (TPSA) is 48.9 Å². The molecule has 0 aliphatic rings. The van der Waals surface area contributed by atoms with Crippen molar-refractivity contribution in [2.24, 2.45) is 0 Å². The number of hydrogen-bond donors (Lipinski definition) is 2. The highest BCUT2D eigenvalue weighted by Gasteiger charge is 2.10. The number of nitrogens with zero attached hydrogens (tertiary/aromatic N) is 1. The largest absolute Gasteiger partial charge is 0.508 e. The molecule has 2 aromatic carbocycles. The minimum absolute atomic E-state index is 0.0950. The molecule has 3 nitrogen and oxygen atoms in total. The molecule has 0 amide bonds. The number of hydrogen-bond acceptors (Lipinski definition) is 2. The predicted octanol–water partition coefficient (Wildman–Crippen LogP) is 3.07. The van der Waals surface area contributed by atoms with E-state index in [0.717, 1.165) is 17.1 Å². The predicted molar refractivity (Wildman–Crippen MR) is 63.2 cm³/mol. The Labute approximate surface area is 96.6 Å². The molecule has 1 heterocycles. The standard InChI is InChI=1S/C13H9FN2O/c14-10-7-8(17)5-6-9(10)13-15-11-3-1-2-4-12(11)16-13/h1-7,17H,(H,15,16). The molecule has 0 radical (unpaired) electrons. The van der Waals surface area contributed by atoms with Gasteiger partial charge in [-0.2, -0.15) is 0 Å². The molecule has 0 aliphatic heterocycles. The fourth-order valence-electron chi connectivity index (χ4n) is 1.78. The zero-order chi connectivity index (χ0) is 11.8. The SMILES string of the molecule is Oc1ccc(-c2nc3ccccc3[nH]2)c(F)c1. The van der Waals surface area contributed by atoms with Gasteiger partial charge in [0.25, 0.3) is 0 Å². The number of halogens is 1. The van der Waals surface area contributed by atoms with Crippen LogP contribution >= 0.6 is 0 Å². The Morgan fingerprint density at radius 3 is 2.71 bits per heavy atom. The van der Waals surface area contributed by atoms with Crippen LogP contribution in [0.5, 0.6) is 5.75 Å². The quantitative estimate of drug-likeness (QED) is 0.672. The van der Waals surface area contributed by atoms with Crippen LogP contribution in [0.3, 0.4) is 0 Å². The first-order chi connectivity index (χ1) is 8.24. The van der Waals surface area contributed by atoms with Crippen LogP contribution in [0.4, 0.5) is 4.39 Å². The number of phenolic OH excluding ortho intramolecular Hbond substituents is 1. The summed E-state index contributed by atoms with van der Waals surface area (Å²) in [6.07, 6.45) is 0. The number of aromatic hydroxyl groups is 1. The van der Waals surface area contributed by atoms with Crippen LogP contribution in [0.25, 0.3) is 22.4 Å². The third-order valence-corrected chi connectivity index (χ3v) is 2.60. The fourth-order valence-corrected chi connectivity index (χ4v) is 1.78. The van der Waals surface area contributed by atoms with Crippen LogP contribution in [0.1, 0.15) is 0 Å². The van der Waals surface area contributed by atoms with Gasteiger partial charge in [-0.05, 0) is 24.3 Å². The number of H-pyrrole nitrogens is 1. The van der Waals surface area contributed by atoms with Crippen LogP contribution in [0.2, 0.25) is 0 Å². The molecule has 0 saturated heterocycles. The van der Waals surface area contributed by atoms with Gasteiger partial charge in [0, 0.05) is 6.07 Å². The van der Waals surface area contributed by atoms with Crippen molar-refractivity contribution in [3.63, 3.8) is 0 Å². The van der Waals surface area contributed by atoms with E-state index in [1.807, 2.05) is 24.3 Å². The van der Waals surface area contributed by atoms with E-state index < -0.39 is 5.82 Å². The molecule has 84 valence electrons. The Morgan fingerprint density at radius 2 is 1.94 bits per heavy atom. The Bertz CT molecular complexity index is 658. The van der Waals surface area contributed by atoms with Crippen molar-refractivity contribution in [3.05, 3.63) is 48.3 Å². The molecule has 0 bridgehead atoms. The van der Waals surface area contributed by atoms with Crippen molar-refractivity contribution in [2.45, 2.75) is 0 Å². The van der Waals surface area contributed by atoms with Crippen LogP contribution in [0.15, 0.2) is 42.5 Å². The molecular formula is C13H9FN2O. The first-order valence-electron chi connectivity index (χ1n) is 5.18. The molecule has 17 heavy (non-hydrogen) atoms. The molecule has 3 aromatic rings. The van der Waals surface area contributed by atoms with Gasteiger partial charge in [-0.3, -0.25) is 0 Å². The van der Waals surface area contributed by atoms with Crippen LogP contribution < -0.4 is 0 Å². The molecule has 0 spiro atoms.